The highest BCUT2D eigenvalue weighted by atomic mass is 16.5. The zero-order valence-corrected chi connectivity index (χ0v) is 8.04. The maximum atomic E-state index is 10.9. The van der Waals surface area contributed by atoms with E-state index in [-0.39, 0.29) is 17.0 Å². The standard InChI is InChI=1S/C8H18N2O2/c1-4-10(12)6-5-7(2)8(3)9-11/h7-8,10H,4-6H2,1-3H3. The van der Waals surface area contributed by atoms with Crippen molar-refractivity contribution in [3.05, 3.63) is 10.1 Å². The third-order valence-corrected chi connectivity index (χ3v) is 2.26. The molecule has 0 aliphatic rings. The van der Waals surface area contributed by atoms with E-state index < -0.39 is 0 Å². The van der Waals surface area contributed by atoms with Gasteiger partial charge in [0.2, 0.25) is 0 Å². The Labute approximate surface area is 73.5 Å². The lowest BCUT2D eigenvalue weighted by Crippen LogP contribution is -3.06. The van der Waals surface area contributed by atoms with E-state index in [1.165, 1.54) is 0 Å². The fourth-order valence-electron chi connectivity index (χ4n) is 0.911. The minimum atomic E-state index is -0.172. The Morgan fingerprint density at radius 1 is 1.50 bits per heavy atom. The molecule has 0 spiro atoms. The summed E-state index contributed by atoms with van der Waals surface area (Å²) in [6.07, 6.45) is 0.777. The first kappa shape index (κ1) is 11.5. The fourth-order valence-corrected chi connectivity index (χ4v) is 0.911. The van der Waals surface area contributed by atoms with Crippen LogP contribution in [0, 0.1) is 16.0 Å². The van der Waals surface area contributed by atoms with Crippen LogP contribution in [0.5, 0.6) is 0 Å². The van der Waals surface area contributed by atoms with Crippen LogP contribution in [0.2, 0.25) is 0 Å². The highest BCUT2D eigenvalue weighted by Gasteiger charge is 2.12. The first-order chi connectivity index (χ1) is 5.61. The SMILES string of the molecule is CC[NH+]([O-])CCC(C)C(C)N=O. The summed E-state index contributed by atoms with van der Waals surface area (Å²) in [6.45, 7) is 6.77. The second-order valence-electron chi connectivity index (χ2n) is 3.25. The molecule has 0 aliphatic carbocycles. The van der Waals surface area contributed by atoms with Crippen LogP contribution in [0.1, 0.15) is 27.2 Å². The molecule has 4 nitrogen and oxygen atoms in total. The maximum absolute atomic E-state index is 10.9. The van der Waals surface area contributed by atoms with Gasteiger partial charge in [-0.25, -0.2) is 0 Å². The van der Waals surface area contributed by atoms with Gasteiger partial charge in [0.25, 0.3) is 0 Å². The molecule has 0 rings (SSSR count). The maximum Gasteiger partial charge on any atom is 0.0919 e. The number of hydrogen-bond acceptors (Lipinski definition) is 3. The van der Waals surface area contributed by atoms with Gasteiger partial charge in [0.15, 0.2) is 0 Å². The van der Waals surface area contributed by atoms with Crippen molar-refractivity contribution in [1.29, 1.82) is 0 Å². The van der Waals surface area contributed by atoms with Gasteiger partial charge in [-0.1, -0.05) is 12.1 Å². The van der Waals surface area contributed by atoms with Crippen molar-refractivity contribution in [3.63, 3.8) is 0 Å². The Morgan fingerprint density at radius 2 is 2.08 bits per heavy atom. The first-order valence-corrected chi connectivity index (χ1v) is 4.46. The molecule has 0 aromatic rings. The molecule has 0 aromatic carbocycles. The topological polar surface area (TPSA) is 56.9 Å². The molecule has 0 fully saturated rings. The van der Waals surface area contributed by atoms with Crippen molar-refractivity contribution in [2.24, 2.45) is 11.1 Å². The third kappa shape index (κ3) is 4.41. The highest BCUT2D eigenvalue weighted by molar-refractivity contribution is 4.66. The zero-order chi connectivity index (χ0) is 9.56. The summed E-state index contributed by atoms with van der Waals surface area (Å²) in [4.78, 5) is 10.1. The molecule has 4 heteroatoms. The van der Waals surface area contributed by atoms with Crippen molar-refractivity contribution in [2.75, 3.05) is 13.1 Å². The smallest absolute Gasteiger partial charge is 0.0919 e. The van der Waals surface area contributed by atoms with Gasteiger partial charge in [-0.05, 0) is 19.8 Å². The predicted octanol–water partition coefficient (Wildman–Crippen LogP) is 0.570. The molecular formula is C8H18N2O2. The van der Waals surface area contributed by atoms with E-state index in [4.69, 9.17) is 0 Å². The van der Waals surface area contributed by atoms with E-state index in [1.54, 1.807) is 6.92 Å². The Hall–Kier alpha value is -0.480. The average Bonchev–Trinajstić information content (AvgIpc) is 2.11. The zero-order valence-electron chi connectivity index (χ0n) is 8.04. The summed E-state index contributed by atoms with van der Waals surface area (Å²) in [5.41, 5.74) is 0. The molecule has 3 atom stereocenters. The van der Waals surface area contributed by atoms with Gasteiger partial charge in [-0.15, -0.1) is 0 Å². The van der Waals surface area contributed by atoms with E-state index in [1.807, 2.05) is 13.8 Å². The average molecular weight is 174 g/mol. The Balaban J connectivity index is 3.55. The van der Waals surface area contributed by atoms with Crippen LogP contribution in [0.25, 0.3) is 0 Å². The lowest BCUT2D eigenvalue weighted by molar-refractivity contribution is -0.846. The number of quaternary nitrogens is 1. The summed E-state index contributed by atoms with van der Waals surface area (Å²) in [7, 11) is 0. The summed E-state index contributed by atoms with van der Waals surface area (Å²) < 4.78 is 0. The number of rotatable bonds is 6. The molecule has 3 unspecified atom stereocenters. The lowest BCUT2D eigenvalue weighted by atomic mass is 10.0. The van der Waals surface area contributed by atoms with Gasteiger partial charge < -0.3 is 10.3 Å². The van der Waals surface area contributed by atoms with Gasteiger partial charge in [0.05, 0.1) is 19.1 Å². The van der Waals surface area contributed by atoms with Crippen LogP contribution in [0.4, 0.5) is 0 Å². The van der Waals surface area contributed by atoms with Crippen molar-refractivity contribution in [1.82, 2.24) is 0 Å². The lowest BCUT2D eigenvalue weighted by Gasteiger charge is -2.22. The van der Waals surface area contributed by atoms with E-state index in [9.17, 15) is 10.1 Å². The second kappa shape index (κ2) is 6.08. The van der Waals surface area contributed by atoms with Gasteiger partial charge in [-0.3, -0.25) is 0 Å². The van der Waals surface area contributed by atoms with Crippen LogP contribution >= 0.6 is 0 Å². The largest absolute Gasteiger partial charge is 0.634 e. The molecule has 0 heterocycles. The van der Waals surface area contributed by atoms with Crippen molar-refractivity contribution >= 4 is 0 Å². The summed E-state index contributed by atoms with van der Waals surface area (Å²) in [6, 6.07) is -0.172. The normalized spacial score (nSPS) is 18.3. The van der Waals surface area contributed by atoms with Crippen molar-refractivity contribution in [2.45, 2.75) is 33.2 Å². The first-order valence-electron chi connectivity index (χ1n) is 4.46. The van der Waals surface area contributed by atoms with Crippen molar-refractivity contribution in [3.8, 4) is 0 Å². The number of hydroxylamine groups is 2. The van der Waals surface area contributed by atoms with Gasteiger partial charge >= 0.3 is 0 Å². The molecule has 72 valence electrons. The fraction of sp³-hybridized carbons (Fsp3) is 1.00. The Bertz CT molecular complexity index is 130. The minimum absolute atomic E-state index is 0.172. The van der Waals surface area contributed by atoms with E-state index in [0.29, 0.717) is 13.1 Å². The minimum Gasteiger partial charge on any atom is -0.634 e. The Morgan fingerprint density at radius 3 is 2.50 bits per heavy atom. The molecule has 12 heavy (non-hydrogen) atoms. The summed E-state index contributed by atoms with van der Waals surface area (Å²) >= 11 is 0. The predicted molar refractivity (Wildman–Crippen MR) is 48.8 cm³/mol. The number of hydrogen-bond donors (Lipinski definition) is 1. The third-order valence-electron chi connectivity index (χ3n) is 2.26. The van der Waals surface area contributed by atoms with Crippen molar-refractivity contribution < 1.29 is 5.06 Å². The molecule has 1 N–H and O–H groups in total. The van der Waals surface area contributed by atoms with Crippen LogP contribution in [0.15, 0.2) is 5.18 Å². The van der Waals surface area contributed by atoms with Crippen LogP contribution in [0.3, 0.4) is 0 Å². The van der Waals surface area contributed by atoms with Crippen LogP contribution in [-0.2, 0) is 0 Å². The molecule has 0 radical (unpaired) electrons. The monoisotopic (exact) mass is 174 g/mol. The van der Waals surface area contributed by atoms with E-state index in [0.717, 1.165) is 6.42 Å². The summed E-state index contributed by atoms with van der Waals surface area (Å²) in [5, 5.41) is 14.1. The number of nitrogens with one attached hydrogen (secondary N) is 1. The summed E-state index contributed by atoms with van der Waals surface area (Å²) in [5.74, 6) is 0.220. The Kier molecular flexibility index (Phi) is 5.84. The van der Waals surface area contributed by atoms with Gasteiger partial charge in [0.1, 0.15) is 0 Å². The second-order valence-corrected chi connectivity index (χ2v) is 3.25. The quantitative estimate of drug-likeness (QED) is 0.473. The van der Waals surface area contributed by atoms with E-state index in [2.05, 4.69) is 5.18 Å². The molecule has 0 aromatic heterocycles. The van der Waals surface area contributed by atoms with Gasteiger partial charge in [-0.2, -0.15) is 4.91 Å². The van der Waals surface area contributed by atoms with Crippen LogP contribution < -0.4 is 5.06 Å². The highest BCUT2D eigenvalue weighted by Crippen LogP contribution is 2.08. The van der Waals surface area contributed by atoms with Crippen LogP contribution in [-0.4, -0.2) is 19.1 Å². The molecule has 0 saturated heterocycles. The molecular weight excluding hydrogens is 156 g/mol. The number of nitrogens with zero attached hydrogens (tertiary/aromatic N) is 1. The molecule has 0 bridgehead atoms. The number of nitroso groups, excluding NO2 is 1. The molecule has 0 aliphatic heterocycles. The van der Waals surface area contributed by atoms with Gasteiger partial charge in [0, 0.05) is 6.42 Å². The molecule has 0 amide bonds. The van der Waals surface area contributed by atoms with E-state index >= 15 is 0 Å². The molecule has 0 saturated carbocycles.